The van der Waals surface area contributed by atoms with Gasteiger partial charge in [-0.25, -0.2) is 0 Å². The van der Waals surface area contributed by atoms with E-state index in [0.717, 1.165) is 31.5 Å². The molecule has 24 heavy (non-hydrogen) atoms. The van der Waals surface area contributed by atoms with Gasteiger partial charge in [-0.3, -0.25) is 4.99 Å². The number of rotatable bonds is 6. The topological polar surface area (TPSA) is 30.9 Å². The van der Waals surface area contributed by atoms with E-state index in [4.69, 9.17) is 4.99 Å². The number of nitrogens with zero attached hydrogens (tertiary/aromatic N) is 3. The number of aliphatic imine (C=N–C) groups is 1. The Balaban J connectivity index is 0.00000288. The Morgan fingerprint density at radius 1 is 1.25 bits per heavy atom. The highest BCUT2D eigenvalue weighted by Gasteiger charge is 2.16. The molecule has 0 spiro atoms. The van der Waals surface area contributed by atoms with Gasteiger partial charge in [0.25, 0.3) is 0 Å². The van der Waals surface area contributed by atoms with Crippen molar-refractivity contribution >= 4 is 29.9 Å². The summed E-state index contributed by atoms with van der Waals surface area (Å²) in [6, 6.07) is 10.6. The minimum Gasteiger partial charge on any atom is -0.357 e. The van der Waals surface area contributed by atoms with Gasteiger partial charge in [0.15, 0.2) is 5.96 Å². The summed E-state index contributed by atoms with van der Waals surface area (Å²) in [6.45, 7) is 7.33. The van der Waals surface area contributed by atoms with E-state index < -0.39 is 0 Å². The van der Waals surface area contributed by atoms with Gasteiger partial charge in [-0.15, -0.1) is 24.0 Å². The molecule has 1 heterocycles. The molecule has 1 aliphatic heterocycles. The molecule has 0 aliphatic carbocycles. The van der Waals surface area contributed by atoms with Crippen molar-refractivity contribution in [1.29, 1.82) is 0 Å². The van der Waals surface area contributed by atoms with Crippen LogP contribution in [-0.2, 0) is 6.54 Å². The predicted octanol–water partition coefficient (Wildman–Crippen LogP) is 3.43. The van der Waals surface area contributed by atoms with Crippen molar-refractivity contribution < 1.29 is 0 Å². The lowest BCUT2D eigenvalue weighted by Crippen LogP contribution is -2.38. The minimum atomic E-state index is 0. The summed E-state index contributed by atoms with van der Waals surface area (Å²) in [6.07, 6.45) is 3.85. The molecule has 1 aliphatic rings. The molecule has 0 amide bonds. The highest BCUT2D eigenvalue weighted by Crippen LogP contribution is 2.19. The number of nitrogens with one attached hydrogen (secondary N) is 1. The van der Waals surface area contributed by atoms with Gasteiger partial charge in [0.05, 0.1) is 0 Å². The maximum absolute atomic E-state index is 4.84. The van der Waals surface area contributed by atoms with E-state index in [1.165, 1.54) is 37.9 Å². The van der Waals surface area contributed by atoms with Gasteiger partial charge in [-0.2, -0.15) is 0 Å². The van der Waals surface area contributed by atoms with Gasteiger partial charge < -0.3 is 15.1 Å². The summed E-state index contributed by atoms with van der Waals surface area (Å²) < 4.78 is 0. The first kappa shape index (κ1) is 21.2. The van der Waals surface area contributed by atoms with Crippen LogP contribution in [-0.4, -0.2) is 56.0 Å². The maximum atomic E-state index is 4.84. The van der Waals surface area contributed by atoms with Crippen LogP contribution in [0.1, 0.15) is 31.7 Å². The number of piperidine rings is 1. The van der Waals surface area contributed by atoms with Gasteiger partial charge in [0, 0.05) is 26.7 Å². The zero-order valence-electron chi connectivity index (χ0n) is 15.4. The molecule has 1 fully saturated rings. The molecule has 0 aromatic heterocycles. The molecule has 1 aromatic rings. The number of benzene rings is 1. The van der Waals surface area contributed by atoms with Crippen LogP contribution in [0, 0.1) is 5.92 Å². The molecule has 0 atom stereocenters. The van der Waals surface area contributed by atoms with E-state index >= 15 is 0 Å². The Hall–Kier alpha value is -0.820. The SMILES string of the molecule is CCNC(=NCCC1CCN(C)CC1)N(C)Cc1ccccc1.I. The van der Waals surface area contributed by atoms with Crippen LogP contribution in [0.4, 0.5) is 0 Å². The van der Waals surface area contributed by atoms with E-state index in [1.54, 1.807) is 0 Å². The van der Waals surface area contributed by atoms with E-state index in [0.29, 0.717) is 0 Å². The standard InChI is InChI=1S/C19H32N4.HI/c1-4-20-19(23(3)16-18-8-6-5-7-9-18)21-13-10-17-11-14-22(2)15-12-17;/h5-9,17H,4,10-16H2,1-3H3,(H,20,21);1H. The summed E-state index contributed by atoms with van der Waals surface area (Å²) in [5.41, 5.74) is 1.32. The van der Waals surface area contributed by atoms with Crippen molar-refractivity contribution in [2.45, 2.75) is 32.7 Å². The molecular weight excluding hydrogens is 411 g/mol. The summed E-state index contributed by atoms with van der Waals surface area (Å²) in [5.74, 6) is 1.86. The molecule has 4 nitrogen and oxygen atoms in total. The molecule has 1 aromatic carbocycles. The van der Waals surface area contributed by atoms with Crippen molar-refractivity contribution in [2.75, 3.05) is 40.3 Å². The molecule has 0 saturated carbocycles. The van der Waals surface area contributed by atoms with Gasteiger partial charge in [-0.05, 0) is 57.8 Å². The molecule has 136 valence electrons. The zero-order chi connectivity index (χ0) is 16.5. The lowest BCUT2D eigenvalue weighted by atomic mass is 9.94. The van der Waals surface area contributed by atoms with Crippen LogP contribution in [0.3, 0.4) is 0 Å². The summed E-state index contributed by atoms with van der Waals surface area (Å²) >= 11 is 0. The smallest absolute Gasteiger partial charge is 0.193 e. The van der Waals surface area contributed by atoms with Crippen molar-refractivity contribution in [3.8, 4) is 0 Å². The van der Waals surface area contributed by atoms with Crippen LogP contribution in [0.2, 0.25) is 0 Å². The largest absolute Gasteiger partial charge is 0.357 e. The molecule has 1 saturated heterocycles. The highest BCUT2D eigenvalue weighted by atomic mass is 127. The first-order valence-electron chi connectivity index (χ1n) is 8.91. The lowest BCUT2D eigenvalue weighted by molar-refractivity contribution is 0.214. The summed E-state index contributed by atoms with van der Waals surface area (Å²) in [5, 5.41) is 3.42. The number of hydrogen-bond acceptors (Lipinski definition) is 2. The van der Waals surface area contributed by atoms with Crippen molar-refractivity contribution in [1.82, 2.24) is 15.1 Å². The first-order chi connectivity index (χ1) is 11.2. The normalized spacial score (nSPS) is 16.5. The van der Waals surface area contributed by atoms with Crippen LogP contribution in [0.25, 0.3) is 0 Å². The predicted molar refractivity (Wildman–Crippen MR) is 114 cm³/mol. The average molecular weight is 444 g/mol. The van der Waals surface area contributed by atoms with Gasteiger partial charge >= 0.3 is 0 Å². The number of guanidine groups is 1. The molecule has 0 radical (unpaired) electrons. The monoisotopic (exact) mass is 444 g/mol. The molecule has 0 bridgehead atoms. The van der Waals surface area contributed by atoms with E-state index in [1.807, 2.05) is 0 Å². The van der Waals surface area contributed by atoms with Crippen molar-refractivity contribution in [3.63, 3.8) is 0 Å². The van der Waals surface area contributed by atoms with Gasteiger partial charge in [0.1, 0.15) is 0 Å². The summed E-state index contributed by atoms with van der Waals surface area (Å²) in [4.78, 5) is 9.48. The molecule has 1 N–H and O–H groups in total. The number of hydrogen-bond donors (Lipinski definition) is 1. The minimum absolute atomic E-state index is 0. The van der Waals surface area contributed by atoms with Crippen LogP contribution in [0.15, 0.2) is 35.3 Å². The molecule has 2 rings (SSSR count). The third-order valence-electron chi connectivity index (χ3n) is 4.60. The Morgan fingerprint density at radius 2 is 1.92 bits per heavy atom. The molecule has 5 heteroatoms. The number of likely N-dealkylation sites (tertiary alicyclic amines) is 1. The highest BCUT2D eigenvalue weighted by molar-refractivity contribution is 14.0. The number of halogens is 1. The first-order valence-corrected chi connectivity index (χ1v) is 8.91. The Bertz CT molecular complexity index is 470. The Morgan fingerprint density at radius 3 is 2.54 bits per heavy atom. The van der Waals surface area contributed by atoms with Crippen LogP contribution >= 0.6 is 24.0 Å². The second-order valence-corrected chi connectivity index (χ2v) is 6.61. The van der Waals surface area contributed by atoms with Crippen molar-refractivity contribution in [3.05, 3.63) is 35.9 Å². The third-order valence-corrected chi connectivity index (χ3v) is 4.60. The second-order valence-electron chi connectivity index (χ2n) is 6.61. The van der Waals surface area contributed by atoms with Gasteiger partial charge in [0.2, 0.25) is 0 Å². The Kier molecular flexibility index (Phi) is 10.3. The third kappa shape index (κ3) is 7.38. The molecular formula is C19H33IN4. The van der Waals surface area contributed by atoms with Crippen LogP contribution < -0.4 is 5.32 Å². The van der Waals surface area contributed by atoms with Crippen molar-refractivity contribution in [2.24, 2.45) is 10.9 Å². The maximum Gasteiger partial charge on any atom is 0.193 e. The fraction of sp³-hybridized carbons (Fsp3) is 0.632. The van der Waals surface area contributed by atoms with E-state index in [-0.39, 0.29) is 24.0 Å². The second kappa shape index (κ2) is 11.7. The van der Waals surface area contributed by atoms with Crippen LogP contribution in [0.5, 0.6) is 0 Å². The fourth-order valence-electron chi connectivity index (χ4n) is 3.11. The zero-order valence-corrected chi connectivity index (χ0v) is 17.7. The van der Waals surface area contributed by atoms with E-state index in [2.05, 4.69) is 66.5 Å². The fourth-order valence-corrected chi connectivity index (χ4v) is 3.11. The lowest BCUT2D eigenvalue weighted by Gasteiger charge is -2.28. The molecule has 0 unspecified atom stereocenters. The summed E-state index contributed by atoms with van der Waals surface area (Å²) in [7, 11) is 4.33. The Labute approximate surface area is 164 Å². The quantitative estimate of drug-likeness (QED) is 0.415. The van der Waals surface area contributed by atoms with Gasteiger partial charge in [-0.1, -0.05) is 30.3 Å². The van der Waals surface area contributed by atoms with E-state index in [9.17, 15) is 0 Å². The average Bonchev–Trinajstić information content (AvgIpc) is 2.56.